The number of anilines is 1. The lowest BCUT2D eigenvalue weighted by molar-refractivity contribution is -0.384. The molecular formula is C12H14ClN3O3. The third-order valence-electron chi connectivity index (χ3n) is 3.05. The molecule has 1 saturated heterocycles. The molecule has 0 atom stereocenters. The number of carbonyl (C=O) groups is 1. The number of benzene rings is 1. The summed E-state index contributed by atoms with van der Waals surface area (Å²) in [5, 5.41) is 13.7. The molecule has 0 unspecified atom stereocenters. The first-order valence-corrected chi connectivity index (χ1v) is 6.41. The molecular weight excluding hydrogens is 270 g/mol. The zero-order valence-corrected chi connectivity index (χ0v) is 11.0. The van der Waals surface area contributed by atoms with Gasteiger partial charge in [0.2, 0.25) is 5.91 Å². The maximum absolute atomic E-state index is 11.8. The first-order chi connectivity index (χ1) is 9.08. The second kappa shape index (κ2) is 5.88. The molecule has 0 saturated carbocycles. The smallest absolute Gasteiger partial charge is 0.271 e. The average Bonchev–Trinajstić information content (AvgIpc) is 2.90. The normalized spacial score (nSPS) is 14.5. The molecule has 0 aliphatic carbocycles. The highest BCUT2D eigenvalue weighted by molar-refractivity contribution is 6.33. The quantitative estimate of drug-likeness (QED) is 0.679. The van der Waals surface area contributed by atoms with Crippen LogP contribution in [0.25, 0.3) is 0 Å². The van der Waals surface area contributed by atoms with Gasteiger partial charge in [0.05, 0.1) is 22.2 Å². The van der Waals surface area contributed by atoms with E-state index in [2.05, 4.69) is 5.32 Å². The number of nitro benzene ring substituents is 1. The molecule has 1 aliphatic rings. The topological polar surface area (TPSA) is 75.5 Å². The van der Waals surface area contributed by atoms with Crippen LogP contribution in [0.5, 0.6) is 0 Å². The molecule has 0 aromatic heterocycles. The molecule has 1 aromatic rings. The van der Waals surface area contributed by atoms with E-state index in [1.807, 2.05) is 0 Å². The van der Waals surface area contributed by atoms with Crippen molar-refractivity contribution < 1.29 is 9.72 Å². The Morgan fingerprint density at radius 3 is 2.68 bits per heavy atom. The largest absolute Gasteiger partial charge is 0.375 e. The minimum Gasteiger partial charge on any atom is -0.375 e. The van der Waals surface area contributed by atoms with E-state index >= 15 is 0 Å². The standard InChI is InChI=1S/C12H14ClN3O3/c13-10-7-9(16(18)19)3-4-11(10)14-8-12(17)15-5-1-2-6-15/h3-4,7,14H,1-2,5-6,8H2. The molecule has 0 bridgehead atoms. The van der Waals surface area contributed by atoms with Crippen LogP contribution >= 0.6 is 11.6 Å². The Morgan fingerprint density at radius 2 is 2.11 bits per heavy atom. The van der Waals surface area contributed by atoms with E-state index in [1.165, 1.54) is 18.2 Å². The number of likely N-dealkylation sites (tertiary alicyclic amines) is 1. The van der Waals surface area contributed by atoms with Gasteiger partial charge in [0.15, 0.2) is 0 Å². The first-order valence-electron chi connectivity index (χ1n) is 6.03. The zero-order chi connectivity index (χ0) is 13.8. The summed E-state index contributed by atoms with van der Waals surface area (Å²) in [6.45, 7) is 1.75. The van der Waals surface area contributed by atoms with Gasteiger partial charge in [-0.25, -0.2) is 0 Å². The summed E-state index contributed by atoms with van der Waals surface area (Å²) in [4.78, 5) is 23.7. The van der Waals surface area contributed by atoms with Crippen molar-refractivity contribution in [1.29, 1.82) is 0 Å². The molecule has 2 rings (SSSR count). The predicted molar refractivity (Wildman–Crippen MR) is 72.4 cm³/mol. The molecule has 0 spiro atoms. The summed E-state index contributed by atoms with van der Waals surface area (Å²) in [6.07, 6.45) is 2.09. The fourth-order valence-corrected chi connectivity index (χ4v) is 2.25. The number of nitrogens with one attached hydrogen (secondary N) is 1. The van der Waals surface area contributed by atoms with Gasteiger partial charge < -0.3 is 10.2 Å². The number of nitro groups is 1. The Hall–Kier alpha value is -1.82. The number of amides is 1. The summed E-state index contributed by atoms with van der Waals surface area (Å²) >= 11 is 5.92. The highest BCUT2D eigenvalue weighted by atomic mass is 35.5. The number of halogens is 1. The van der Waals surface area contributed by atoms with Crippen molar-refractivity contribution in [3.63, 3.8) is 0 Å². The summed E-state index contributed by atoms with van der Waals surface area (Å²) in [6, 6.07) is 4.14. The maximum Gasteiger partial charge on any atom is 0.271 e. The Labute approximate surface area is 115 Å². The van der Waals surface area contributed by atoms with Gasteiger partial charge in [-0.05, 0) is 18.9 Å². The van der Waals surface area contributed by atoms with E-state index < -0.39 is 4.92 Å². The van der Waals surface area contributed by atoms with E-state index in [4.69, 9.17) is 11.6 Å². The van der Waals surface area contributed by atoms with Crippen LogP contribution in [0.1, 0.15) is 12.8 Å². The monoisotopic (exact) mass is 283 g/mol. The maximum atomic E-state index is 11.8. The Kier molecular flexibility index (Phi) is 4.21. The van der Waals surface area contributed by atoms with E-state index in [9.17, 15) is 14.9 Å². The number of hydrogen-bond donors (Lipinski definition) is 1. The SMILES string of the molecule is O=C(CNc1ccc([N+](=O)[O-])cc1Cl)N1CCCC1. The highest BCUT2D eigenvalue weighted by Crippen LogP contribution is 2.26. The Bertz CT molecular complexity index is 501. The van der Waals surface area contributed by atoms with Gasteiger partial charge in [0.1, 0.15) is 0 Å². The number of carbonyl (C=O) groups excluding carboxylic acids is 1. The summed E-state index contributed by atoms with van der Waals surface area (Å²) in [5.41, 5.74) is 0.459. The lowest BCUT2D eigenvalue weighted by Crippen LogP contribution is -2.33. The number of hydrogen-bond acceptors (Lipinski definition) is 4. The third kappa shape index (κ3) is 3.35. The van der Waals surface area contributed by atoms with Crippen molar-refractivity contribution in [2.75, 3.05) is 25.0 Å². The van der Waals surface area contributed by atoms with Crippen LogP contribution in [-0.2, 0) is 4.79 Å². The lowest BCUT2D eigenvalue weighted by Gasteiger charge is -2.16. The van der Waals surface area contributed by atoms with Gasteiger partial charge in [-0.1, -0.05) is 11.6 Å². The Morgan fingerprint density at radius 1 is 1.42 bits per heavy atom. The van der Waals surface area contributed by atoms with Crippen LogP contribution < -0.4 is 5.32 Å². The van der Waals surface area contributed by atoms with Crippen molar-refractivity contribution in [1.82, 2.24) is 4.90 Å². The number of nitrogens with zero attached hydrogens (tertiary/aromatic N) is 2. The van der Waals surface area contributed by atoms with Gasteiger partial charge in [0, 0.05) is 25.2 Å². The van der Waals surface area contributed by atoms with Crippen molar-refractivity contribution in [2.45, 2.75) is 12.8 Å². The number of rotatable bonds is 4. The first kappa shape index (κ1) is 13.6. The van der Waals surface area contributed by atoms with Crippen LogP contribution in [0.3, 0.4) is 0 Å². The van der Waals surface area contributed by atoms with E-state index in [0.29, 0.717) is 5.69 Å². The molecule has 1 fully saturated rings. The average molecular weight is 284 g/mol. The molecule has 6 nitrogen and oxygen atoms in total. The molecule has 7 heteroatoms. The molecule has 1 amide bonds. The van der Waals surface area contributed by atoms with Crippen molar-refractivity contribution in [2.24, 2.45) is 0 Å². The highest BCUT2D eigenvalue weighted by Gasteiger charge is 2.18. The van der Waals surface area contributed by atoms with Gasteiger partial charge in [-0.15, -0.1) is 0 Å². The second-order valence-corrected chi connectivity index (χ2v) is 4.77. The second-order valence-electron chi connectivity index (χ2n) is 4.36. The summed E-state index contributed by atoms with van der Waals surface area (Å²) < 4.78 is 0. The Balaban J connectivity index is 1.95. The van der Waals surface area contributed by atoms with Gasteiger partial charge in [-0.2, -0.15) is 0 Å². The molecule has 1 heterocycles. The van der Waals surface area contributed by atoms with Crippen molar-refractivity contribution >= 4 is 28.9 Å². The lowest BCUT2D eigenvalue weighted by atomic mass is 10.3. The molecule has 1 aliphatic heterocycles. The molecule has 1 aromatic carbocycles. The van der Waals surface area contributed by atoms with Crippen LogP contribution in [0.2, 0.25) is 5.02 Å². The third-order valence-corrected chi connectivity index (χ3v) is 3.37. The summed E-state index contributed by atoms with van der Waals surface area (Å²) in [5.74, 6) is 0.0203. The van der Waals surface area contributed by atoms with Crippen molar-refractivity contribution in [3.05, 3.63) is 33.3 Å². The fourth-order valence-electron chi connectivity index (χ4n) is 2.01. The molecule has 102 valence electrons. The minimum atomic E-state index is -0.509. The molecule has 19 heavy (non-hydrogen) atoms. The van der Waals surface area contributed by atoms with Gasteiger partial charge in [-0.3, -0.25) is 14.9 Å². The molecule has 1 N–H and O–H groups in total. The predicted octanol–water partition coefficient (Wildman–Crippen LogP) is 2.28. The van der Waals surface area contributed by atoms with E-state index in [1.54, 1.807) is 4.90 Å². The van der Waals surface area contributed by atoms with Gasteiger partial charge in [0.25, 0.3) is 5.69 Å². The summed E-state index contributed by atoms with van der Waals surface area (Å²) in [7, 11) is 0. The van der Waals surface area contributed by atoms with E-state index in [-0.39, 0.29) is 23.2 Å². The number of non-ortho nitro benzene ring substituents is 1. The molecule has 0 radical (unpaired) electrons. The minimum absolute atomic E-state index is 0.0203. The van der Waals surface area contributed by atoms with Crippen LogP contribution in [0.15, 0.2) is 18.2 Å². The van der Waals surface area contributed by atoms with Gasteiger partial charge >= 0.3 is 0 Å². The van der Waals surface area contributed by atoms with Crippen molar-refractivity contribution in [3.8, 4) is 0 Å². The van der Waals surface area contributed by atoms with E-state index in [0.717, 1.165) is 25.9 Å². The fraction of sp³-hybridized carbons (Fsp3) is 0.417. The van der Waals surface area contributed by atoms with Crippen LogP contribution in [0, 0.1) is 10.1 Å². The van der Waals surface area contributed by atoms with Crippen LogP contribution in [0.4, 0.5) is 11.4 Å². The van der Waals surface area contributed by atoms with Crippen LogP contribution in [-0.4, -0.2) is 35.4 Å². The zero-order valence-electron chi connectivity index (χ0n) is 10.3.